The van der Waals surface area contributed by atoms with E-state index in [0.29, 0.717) is 11.7 Å². The Balaban J connectivity index is 1.99. The lowest BCUT2D eigenvalue weighted by Gasteiger charge is -2.25. The molecule has 0 aromatic heterocycles. The fourth-order valence-electron chi connectivity index (χ4n) is 3.05. The maximum Gasteiger partial charge on any atom is 0.344 e. The molecule has 0 atom stereocenters. The van der Waals surface area contributed by atoms with Crippen LogP contribution in [0.3, 0.4) is 0 Å². The third-order valence-electron chi connectivity index (χ3n) is 3.95. The van der Waals surface area contributed by atoms with Gasteiger partial charge < -0.3 is 9.47 Å². The van der Waals surface area contributed by atoms with Crippen LogP contribution in [0, 0.1) is 5.92 Å². The highest BCUT2D eigenvalue weighted by Crippen LogP contribution is 2.18. The average molecular weight is 384 g/mol. The zero-order valence-corrected chi connectivity index (χ0v) is 17.8. The van der Waals surface area contributed by atoms with Gasteiger partial charge in [0.05, 0.1) is 0 Å². The lowest BCUT2D eigenvalue weighted by molar-refractivity contribution is -0.157. The maximum atomic E-state index is 11.9. The molecular formula is C24H33NO3. The molecule has 2 aromatic rings. The van der Waals surface area contributed by atoms with Crippen LogP contribution in [0.2, 0.25) is 0 Å². The highest BCUT2D eigenvalue weighted by atomic mass is 16.6. The fourth-order valence-corrected chi connectivity index (χ4v) is 3.05. The van der Waals surface area contributed by atoms with E-state index < -0.39 is 5.60 Å². The Morgan fingerprint density at radius 1 is 0.964 bits per heavy atom. The topological polar surface area (TPSA) is 38.8 Å². The van der Waals surface area contributed by atoms with E-state index in [4.69, 9.17) is 9.47 Å². The van der Waals surface area contributed by atoms with Crippen molar-refractivity contribution in [1.29, 1.82) is 0 Å². The molecule has 0 unspecified atom stereocenters. The van der Waals surface area contributed by atoms with E-state index in [0.717, 1.165) is 19.6 Å². The molecule has 0 amide bonds. The summed E-state index contributed by atoms with van der Waals surface area (Å²) >= 11 is 0. The second-order valence-corrected chi connectivity index (χ2v) is 8.57. The van der Waals surface area contributed by atoms with E-state index in [-0.39, 0.29) is 12.6 Å². The summed E-state index contributed by atoms with van der Waals surface area (Å²) in [6, 6.07) is 18.5. The summed E-state index contributed by atoms with van der Waals surface area (Å²) in [4.78, 5) is 14.3. The number of nitrogens with zero attached hydrogens (tertiary/aromatic N) is 1. The molecule has 0 saturated heterocycles. The van der Waals surface area contributed by atoms with E-state index in [1.807, 2.05) is 45.0 Å². The minimum Gasteiger partial charge on any atom is -0.482 e. The molecule has 152 valence electrons. The number of carbonyl (C=O) groups is 1. The van der Waals surface area contributed by atoms with Gasteiger partial charge >= 0.3 is 5.97 Å². The largest absolute Gasteiger partial charge is 0.482 e. The predicted molar refractivity (Wildman–Crippen MR) is 113 cm³/mol. The summed E-state index contributed by atoms with van der Waals surface area (Å²) in [6.07, 6.45) is 0. The van der Waals surface area contributed by atoms with Gasteiger partial charge in [-0.3, -0.25) is 4.90 Å². The summed E-state index contributed by atoms with van der Waals surface area (Å²) in [7, 11) is 0. The van der Waals surface area contributed by atoms with Gasteiger partial charge in [0.25, 0.3) is 0 Å². The van der Waals surface area contributed by atoms with E-state index in [1.54, 1.807) is 0 Å². The summed E-state index contributed by atoms with van der Waals surface area (Å²) < 4.78 is 10.9. The van der Waals surface area contributed by atoms with E-state index >= 15 is 0 Å². The number of ether oxygens (including phenoxy) is 2. The molecule has 0 radical (unpaired) electrons. The molecule has 0 aliphatic heterocycles. The highest BCUT2D eigenvalue weighted by molar-refractivity contribution is 5.71. The molecule has 2 rings (SSSR count). The van der Waals surface area contributed by atoms with Crippen LogP contribution in [-0.4, -0.2) is 29.6 Å². The van der Waals surface area contributed by atoms with Crippen molar-refractivity contribution < 1.29 is 14.3 Å². The first-order valence-corrected chi connectivity index (χ1v) is 9.91. The van der Waals surface area contributed by atoms with Crippen LogP contribution in [0.1, 0.15) is 45.7 Å². The smallest absolute Gasteiger partial charge is 0.344 e. The van der Waals surface area contributed by atoms with Gasteiger partial charge in [-0.25, -0.2) is 4.79 Å². The van der Waals surface area contributed by atoms with Crippen LogP contribution >= 0.6 is 0 Å². The van der Waals surface area contributed by atoms with Gasteiger partial charge in [0.15, 0.2) is 6.61 Å². The Hall–Kier alpha value is -2.33. The summed E-state index contributed by atoms with van der Waals surface area (Å²) in [6.45, 7) is 12.7. The zero-order valence-electron chi connectivity index (χ0n) is 17.8. The zero-order chi connectivity index (χ0) is 20.6. The molecule has 0 N–H and O–H groups in total. The second-order valence-electron chi connectivity index (χ2n) is 8.57. The van der Waals surface area contributed by atoms with E-state index in [1.165, 1.54) is 11.1 Å². The number of benzene rings is 2. The van der Waals surface area contributed by atoms with Gasteiger partial charge in [-0.2, -0.15) is 0 Å². The average Bonchev–Trinajstić information content (AvgIpc) is 2.59. The normalized spacial score (nSPS) is 11.7. The third kappa shape index (κ3) is 8.57. The minimum atomic E-state index is -0.503. The highest BCUT2D eigenvalue weighted by Gasteiger charge is 2.16. The van der Waals surface area contributed by atoms with Crippen LogP contribution in [0.5, 0.6) is 5.75 Å². The van der Waals surface area contributed by atoms with Crippen molar-refractivity contribution in [2.24, 2.45) is 5.92 Å². The molecule has 0 bridgehead atoms. The Morgan fingerprint density at radius 2 is 1.61 bits per heavy atom. The summed E-state index contributed by atoms with van der Waals surface area (Å²) in [5.41, 5.74) is 1.97. The van der Waals surface area contributed by atoms with Crippen LogP contribution in [0.25, 0.3) is 0 Å². The molecule has 0 aliphatic rings. The molecule has 0 spiro atoms. The van der Waals surface area contributed by atoms with Gasteiger partial charge in [-0.1, -0.05) is 56.3 Å². The Labute approximate surface area is 169 Å². The second kappa shape index (κ2) is 10.3. The minimum absolute atomic E-state index is 0.0829. The Bertz CT molecular complexity index is 735. The Kier molecular flexibility index (Phi) is 8.06. The molecule has 0 heterocycles. The lowest BCUT2D eigenvalue weighted by Crippen LogP contribution is -2.27. The molecule has 0 fully saturated rings. The molecular weight excluding hydrogens is 350 g/mol. The van der Waals surface area contributed by atoms with Gasteiger partial charge in [0, 0.05) is 19.6 Å². The number of carbonyl (C=O) groups excluding carboxylic acids is 1. The quantitative estimate of drug-likeness (QED) is 0.567. The van der Waals surface area contributed by atoms with Crippen LogP contribution in [0.15, 0.2) is 54.6 Å². The first-order chi connectivity index (χ1) is 13.2. The lowest BCUT2D eigenvalue weighted by atomic mass is 10.1. The van der Waals surface area contributed by atoms with Crippen LogP contribution in [0.4, 0.5) is 0 Å². The number of hydrogen-bond acceptors (Lipinski definition) is 4. The van der Waals surface area contributed by atoms with Crippen molar-refractivity contribution in [3.8, 4) is 5.75 Å². The molecule has 4 heteroatoms. The van der Waals surface area contributed by atoms with Crippen molar-refractivity contribution in [3.05, 3.63) is 65.7 Å². The first-order valence-electron chi connectivity index (χ1n) is 9.91. The molecule has 0 aliphatic carbocycles. The van der Waals surface area contributed by atoms with Crippen LogP contribution in [-0.2, 0) is 22.6 Å². The van der Waals surface area contributed by atoms with Crippen LogP contribution < -0.4 is 4.74 Å². The van der Waals surface area contributed by atoms with Gasteiger partial charge in [0.1, 0.15) is 11.4 Å². The molecule has 0 saturated carbocycles. The first kappa shape index (κ1) is 22.0. The van der Waals surface area contributed by atoms with Crippen molar-refractivity contribution >= 4 is 5.97 Å². The van der Waals surface area contributed by atoms with Crippen molar-refractivity contribution in [2.75, 3.05) is 13.2 Å². The molecule has 28 heavy (non-hydrogen) atoms. The fraction of sp³-hybridized carbons (Fsp3) is 0.458. The Morgan fingerprint density at radius 3 is 2.25 bits per heavy atom. The SMILES string of the molecule is CC(C)CN(Cc1ccccc1)Cc1cccc(OCC(=O)OC(C)(C)C)c1. The third-order valence-corrected chi connectivity index (χ3v) is 3.95. The number of esters is 1. The van der Waals surface area contributed by atoms with Gasteiger partial charge in [-0.05, 0) is 49.9 Å². The molecule has 2 aromatic carbocycles. The van der Waals surface area contributed by atoms with Gasteiger partial charge in [0.2, 0.25) is 0 Å². The predicted octanol–water partition coefficient (Wildman–Crippen LogP) is 5.07. The van der Waals surface area contributed by atoms with E-state index in [2.05, 4.69) is 49.1 Å². The molecule has 4 nitrogen and oxygen atoms in total. The summed E-state index contributed by atoms with van der Waals surface area (Å²) in [5.74, 6) is 0.909. The van der Waals surface area contributed by atoms with Crippen molar-refractivity contribution in [3.63, 3.8) is 0 Å². The summed E-state index contributed by atoms with van der Waals surface area (Å²) in [5, 5.41) is 0. The van der Waals surface area contributed by atoms with Gasteiger partial charge in [-0.15, -0.1) is 0 Å². The van der Waals surface area contributed by atoms with Crippen molar-refractivity contribution in [1.82, 2.24) is 4.90 Å². The van der Waals surface area contributed by atoms with E-state index in [9.17, 15) is 4.79 Å². The number of rotatable bonds is 9. The number of hydrogen-bond donors (Lipinski definition) is 0. The standard InChI is InChI=1S/C24H33NO3/c1-19(2)15-25(16-20-10-7-6-8-11-20)17-21-12-9-13-22(14-21)27-18-23(26)28-24(3,4)5/h6-14,19H,15-18H2,1-5H3. The van der Waals surface area contributed by atoms with Crippen molar-refractivity contribution in [2.45, 2.75) is 53.3 Å². The monoisotopic (exact) mass is 383 g/mol. The maximum absolute atomic E-state index is 11.9.